The minimum absolute atomic E-state index is 0.0522. The summed E-state index contributed by atoms with van der Waals surface area (Å²) in [6.07, 6.45) is 1.96. The zero-order valence-corrected chi connectivity index (χ0v) is 15.8. The van der Waals surface area contributed by atoms with Crippen molar-refractivity contribution in [3.63, 3.8) is 0 Å². The highest BCUT2D eigenvalue weighted by Crippen LogP contribution is 2.23. The predicted molar refractivity (Wildman–Crippen MR) is 99.9 cm³/mol. The third kappa shape index (κ3) is 4.36. The summed E-state index contributed by atoms with van der Waals surface area (Å²) in [4.78, 5) is 17.0. The standard InChI is InChI=1S/C20H26N4O3/c1-15-4-6-16(7-5-15)19-22-21-18(27-19)14-23-8-2-3-17(13-23)20(25)24-9-11-26-12-10-24/h4-7,17H,2-3,8-14H2,1H3/t17-/m1/s1. The van der Waals surface area contributed by atoms with Crippen LogP contribution in [0.5, 0.6) is 0 Å². The van der Waals surface area contributed by atoms with E-state index in [1.165, 1.54) is 5.56 Å². The van der Waals surface area contributed by atoms with Gasteiger partial charge in [0.05, 0.1) is 25.7 Å². The Bertz CT molecular complexity index is 768. The molecule has 7 heteroatoms. The maximum Gasteiger partial charge on any atom is 0.247 e. The molecule has 2 aliphatic rings. The zero-order valence-electron chi connectivity index (χ0n) is 15.8. The molecule has 1 atom stereocenters. The molecular formula is C20H26N4O3. The van der Waals surface area contributed by atoms with Crippen molar-refractivity contribution in [1.29, 1.82) is 0 Å². The van der Waals surface area contributed by atoms with Crippen molar-refractivity contribution in [3.05, 3.63) is 35.7 Å². The lowest BCUT2D eigenvalue weighted by molar-refractivity contribution is -0.141. The van der Waals surface area contributed by atoms with Crippen LogP contribution in [0.2, 0.25) is 0 Å². The lowest BCUT2D eigenvalue weighted by atomic mass is 9.96. The van der Waals surface area contributed by atoms with Gasteiger partial charge in [0, 0.05) is 25.2 Å². The Morgan fingerprint density at radius 3 is 2.70 bits per heavy atom. The van der Waals surface area contributed by atoms with Gasteiger partial charge in [0.2, 0.25) is 17.7 Å². The van der Waals surface area contributed by atoms with Gasteiger partial charge in [0.15, 0.2) is 0 Å². The highest BCUT2D eigenvalue weighted by atomic mass is 16.5. The molecule has 0 spiro atoms. The summed E-state index contributed by atoms with van der Waals surface area (Å²) >= 11 is 0. The third-order valence-corrected chi connectivity index (χ3v) is 5.30. The summed E-state index contributed by atoms with van der Waals surface area (Å²) in [5.74, 6) is 1.46. The fourth-order valence-electron chi connectivity index (χ4n) is 3.76. The first-order valence-corrected chi connectivity index (χ1v) is 9.67. The van der Waals surface area contributed by atoms with Crippen molar-refractivity contribution in [2.24, 2.45) is 5.92 Å². The fourth-order valence-corrected chi connectivity index (χ4v) is 3.76. The highest BCUT2D eigenvalue weighted by molar-refractivity contribution is 5.79. The van der Waals surface area contributed by atoms with Crippen LogP contribution in [0.4, 0.5) is 0 Å². The first kappa shape index (κ1) is 18.1. The molecule has 7 nitrogen and oxygen atoms in total. The Kier molecular flexibility index (Phi) is 5.50. The number of benzene rings is 1. The second-order valence-electron chi connectivity index (χ2n) is 7.38. The number of rotatable bonds is 4. The van der Waals surface area contributed by atoms with Crippen LogP contribution in [-0.4, -0.2) is 65.3 Å². The third-order valence-electron chi connectivity index (χ3n) is 5.30. The molecule has 0 N–H and O–H groups in total. The molecule has 0 bridgehead atoms. The fraction of sp³-hybridized carbons (Fsp3) is 0.550. The molecule has 144 valence electrons. The van der Waals surface area contributed by atoms with Gasteiger partial charge in [-0.1, -0.05) is 17.7 Å². The average molecular weight is 370 g/mol. The summed E-state index contributed by atoms with van der Waals surface area (Å²) in [5, 5.41) is 8.38. The van der Waals surface area contributed by atoms with Gasteiger partial charge in [-0.15, -0.1) is 10.2 Å². The Morgan fingerprint density at radius 2 is 1.93 bits per heavy atom. The van der Waals surface area contributed by atoms with E-state index in [-0.39, 0.29) is 11.8 Å². The first-order chi connectivity index (χ1) is 13.2. The molecule has 27 heavy (non-hydrogen) atoms. The number of amides is 1. The predicted octanol–water partition coefficient (Wildman–Crippen LogP) is 2.12. The summed E-state index contributed by atoms with van der Waals surface area (Å²) in [5.41, 5.74) is 2.13. The second-order valence-corrected chi connectivity index (χ2v) is 7.38. The Morgan fingerprint density at radius 1 is 1.15 bits per heavy atom. The van der Waals surface area contributed by atoms with Crippen molar-refractivity contribution in [1.82, 2.24) is 20.0 Å². The number of nitrogens with zero attached hydrogens (tertiary/aromatic N) is 4. The van der Waals surface area contributed by atoms with E-state index >= 15 is 0 Å². The Hall–Kier alpha value is -2.25. The van der Waals surface area contributed by atoms with E-state index in [0.717, 1.165) is 31.5 Å². The molecule has 2 fully saturated rings. The number of likely N-dealkylation sites (tertiary alicyclic amines) is 1. The van der Waals surface area contributed by atoms with Crippen LogP contribution in [0.15, 0.2) is 28.7 Å². The smallest absolute Gasteiger partial charge is 0.247 e. The van der Waals surface area contributed by atoms with E-state index in [9.17, 15) is 4.79 Å². The maximum absolute atomic E-state index is 12.8. The summed E-state index contributed by atoms with van der Waals surface area (Å²) in [7, 11) is 0. The molecule has 0 unspecified atom stereocenters. The van der Waals surface area contributed by atoms with E-state index in [1.807, 2.05) is 36.1 Å². The Labute approximate surface area is 159 Å². The van der Waals surface area contributed by atoms with E-state index in [4.69, 9.17) is 9.15 Å². The summed E-state index contributed by atoms with van der Waals surface area (Å²) in [6, 6.07) is 8.05. The highest BCUT2D eigenvalue weighted by Gasteiger charge is 2.30. The second kappa shape index (κ2) is 8.19. The van der Waals surface area contributed by atoms with Crippen molar-refractivity contribution in [2.45, 2.75) is 26.3 Å². The number of aryl methyl sites for hydroxylation is 1. The van der Waals surface area contributed by atoms with E-state index in [0.29, 0.717) is 44.6 Å². The van der Waals surface area contributed by atoms with Crippen molar-refractivity contribution >= 4 is 5.91 Å². The number of ether oxygens (including phenoxy) is 1. The molecule has 0 radical (unpaired) electrons. The van der Waals surface area contributed by atoms with Gasteiger partial charge >= 0.3 is 0 Å². The minimum atomic E-state index is 0.0522. The topological polar surface area (TPSA) is 71.7 Å². The van der Waals surface area contributed by atoms with Crippen LogP contribution in [0.1, 0.15) is 24.3 Å². The molecule has 2 aliphatic heterocycles. The molecule has 1 aromatic heterocycles. The average Bonchev–Trinajstić information content (AvgIpc) is 3.17. The van der Waals surface area contributed by atoms with Crippen LogP contribution in [0, 0.1) is 12.8 Å². The van der Waals surface area contributed by atoms with Gasteiger partial charge < -0.3 is 14.1 Å². The summed E-state index contributed by atoms with van der Waals surface area (Å²) < 4.78 is 11.2. The molecule has 1 aromatic carbocycles. The van der Waals surface area contributed by atoms with Gasteiger partial charge in [0.1, 0.15) is 0 Å². The minimum Gasteiger partial charge on any atom is -0.419 e. The van der Waals surface area contributed by atoms with Crippen LogP contribution in [-0.2, 0) is 16.1 Å². The molecule has 4 rings (SSSR count). The van der Waals surface area contributed by atoms with Gasteiger partial charge in [0.25, 0.3) is 0 Å². The number of hydrogen-bond acceptors (Lipinski definition) is 6. The molecule has 3 heterocycles. The molecular weight excluding hydrogens is 344 g/mol. The van der Waals surface area contributed by atoms with Gasteiger partial charge in [-0.25, -0.2) is 0 Å². The van der Waals surface area contributed by atoms with Crippen LogP contribution >= 0.6 is 0 Å². The molecule has 1 amide bonds. The van der Waals surface area contributed by atoms with E-state index in [1.54, 1.807) is 0 Å². The number of hydrogen-bond donors (Lipinski definition) is 0. The monoisotopic (exact) mass is 370 g/mol. The maximum atomic E-state index is 12.8. The largest absolute Gasteiger partial charge is 0.419 e. The van der Waals surface area contributed by atoms with Crippen molar-refractivity contribution in [2.75, 3.05) is 39.4 Å². The SMILES string of the molecule is Cc1ccc(-c2nnc(CN3CCC[C@@H](C(=O)N4CCOCC4)C3)o2)cc1. The van der Waals surface area contributed by atoms with Gasteiger partial charge in [-0.05, 0) is 38.4 Å². The van der Waals surface area contributed by atoms with Gasteiger partial charge in [-0.2, -0.15) is 0 Å². The molecule has 0 saturated carbocycles. The number of aromatic nitrogens is 2. The lowest BCUT2D eigenvalue weighted by Gasteiger charge is -2.35. The van der Waals surface area contributed by atoms with Crippen molar-refractivity contribution < 1.29 is 13.9 Å². The normalized spacial score (nSPS) is 21.4. The van der Waals surface area contributed by atoms with Crippen LogP contribution in [0.3, 0.4) is 0 Å². The molecule has 0 aliphatic carbocycles. The Balaban J connectivity index is 1.36. The van der Waals surface area contributed by atoms with Gasteiger partial charge in [-0.3, -0.25) is 9.69 Å². The quantitative estimate of drug-likeness (QED) is 0.821. The number of carbonyl (C=O) groups excluding carboxylic acids is 1. The molecule has 2 aromatic rings. The number of carbonyl (C=O) groups is 1. The zero-order chi connectivity index (χ0) is 18.6. The van der Waals surface area contributed by atoms with Crippen LogP contribution < -0.4 is 0 Å². The van der Waals surface area contributed by atoms with E-state index < -0.39 is 0 Å². The lowest BCUT2D eigenvalue weighted by Crippen LogP contribution is -2.48. The van der Waals surface area contributed by atoms with Crippen LogP contribution in [0.25, 0.3) is 11.5 Å². The van der Waals surface area contributed by atoms with Crippen molar-refractivity contribution in [3.8, 4) is 11.5 Å². The van der Waals surface area contributed by atoms with E-state index in [2.05, 4.69) is 15.1 Å². The number of morpholine rings is 1. The first-order valence-electron chi connectivity index (χ1n) is 9.67. The summed E-state index contributed by atoms with van der Waals surface area (Å²) in [6.45, 7) is 7.04. The number of piperidine rings is 1. The molecule has 2 saturated heterocycles.